The van der Waals surface area contributed by atoms with Crippen LogP contribution in [0.25, 0.3) is 10.9 Å². The summed E-state index contributed by atoms with van der Waals surface area (Å²) in [6.07, 6.45) is 0. The zero-order valence-corrected chi connectivity index (χ0v) is 20.2. The summed E-state index contributed by atoms with van der Waals surface area (Å²) in [5, 5.41) is 1.52. The van der Waals surface area contributed by atoms with Gasteiger partial charge < -0.3 is 9.64 Å². The van der Waals surface area contributed by atoms with Crippen LogP contribution in [0.15, 0.2) is 58.5 Å². The standard InChI is InChI=1S/C24H28ClN3O3S/c1-17(2)14-28-23(30)20-13-19(25)9-10-21(20)26-24(28)32-16-22(29)27(11-12-31-3)15-18-7-5-4-6-8-18/h4-10,13,17H,11-12,14-16H2,1-3H3. The molecule has 1 heterocycles. The molecule has 0 saturated heterocycles. The second kappa shape index (κ2) is 11.5. The molecule has 0 aliphatic carbocycles. The third-order valence-corrected chi connectivity index (χ3v) is 6.08. The second-order valence-electron chi connectivity index (χ2n) is 7.95. The van der Waals surface area contributed by atoms with E-state index in [1.54, 1.807) is 34.8 Å². The number of methoxy groups -OCH3 is 1. The van der Waals surface area contributed by atoms with E-state index in [0.717, 1.165) is 5.56 Å². The van der Waals surface area contributed by atoms with Gasteiger partial charge in [-0.15, -0.1) is 0 Å². The van der Waals surface area contributed by atoms with Crippen molar-refractivity contribution >= 4 is 40.2 Å². The number of thioether (sulfide) groups is 1. The summed E-state index contributed by atoms with van der Waals surface area (Å²) in [7, 11) is 1.62. The topological polar surface area (TPSA) is 64.4 Å². The minimum atomic E-state index is -0.137. The fourth-order valence-electron chi connectivity index (χ4n) is 3.32. The fraction of sp³-hybridized carbons (Fsp3) is 0.375. The average molecular weight is 474 g/mol. The Morgan fingerprint density at radius 2 is 1.97 bits per heavy atom. The van der Waals surface area contributed by atoms with Gasteiger partial charge in [-0.2, -0.15) is 0 Å². The molecule has 0 radical (unpaired) electrons. The highest BCUT2D eigenvalue weighted by atomic mass is 35.5. The van der Waals surface area contributed by atoms with Crippen molar-refractivity contribution in [1.29, 1.82) is 0 Å². The number of hydrogen-bond acceptors (Lipinski definition) is 5. The lowest BCUT2D eigenvalue weighted by molar-refractivity contribution is -0.129. The van der Waals surface area contributed by atoms with E-state index in [9.17, 15) is 9.59 Å². The smallest absolute Gasteiger partial charge is 0.262 e. The summed E-state index contributed by atoms with van der Waals surface area (Å²) >= 11 is 7.38. The predicted octanol–water partition coefficient (Wildman–Crippen LogP) is 4.47. The average Bonchev–Trinajstić information content (AvgIpc) is 2.78. The lowest BCUT2D eigenvalue weighted by Gasteiger charge is -2.23. The number of ether oxygens (including phenoxy) is 1. The van der Waals surface area contributed by atoms with E-state index in [1.165, 1.54) is 11.8 Å². The zero-order valence-electron chi connectivity index (χ0n) is 18.6. The number of amides is 1. The first kappa shape index (κ1) is 24.3. The number of nitrogens with zero attached hydrogens (tertiary/aromatic N) is 3. The van der Waals surface area contributed by atoms with Crippen LogP contribution in [0.2, 0.25) is 5.02 Å². The summed E-state index contributed by atoms with van der Waals surface area (Å²) in [5.41, 5.74) is 1.50. The van der Waals surface area contributed by atoms with Crippen LogP contribution in [0.5, 0.6) is 0 Å². The van der Waals surface area contributed by atoms with Crippen LogP contribution in [-0.4, -0.2) is 46.4 Å². The molecule has 0 spiro atoms. The molecule has 0 aliphatic heterocycles. The summed E-state index contributed by atoms with van der Waals surface area (Å²) < 4.78 is 6.84. The number of aromatic nitrogens is 2. The van der Waals surface area contributed by atoms with E-state index in [4.69, 9.17) is 16.3 Å². The zero-order chi connectivity index (χ0) is 23.1. The molecule has 2 aromatic carbocycles. The number of carbonyl (C=O) groups is 1. The van der Waals surface area contributed by atoms with E-state index < -0.39 is 0 Å². The Bertz CT molecular complexity index is 1120. The Balaban J connectivity index is 1.84. The summed E-state index contributed by atoms with van der Waals surface area (Å²) in [6, 6.07) is 15.0. The molecule has 0 fully saturated rings. The highest BCUT2D eigenvalue weighted by molar-refractivity contribution is 7.99. The van der Waals surface area contributed by atoms with Gasteiger partial charge in [0.15, 0.2) is 5.16 Å². The Morgan fingerprint density at radius 3 is 2.66 bits per heavy atom. The number of benzene rings is 2. The molecule has 32 heavy (non-hydrogen) atoms. The van der Waals surface area contributed by atoms with Crippen molar-refractivity contribution in [2.75, 3.05) is 26.0 Å². The quantitative estimate of drug-likeness (QED) is 0.321. The fourth-order valence-corrected chi connectivity index (χ4v) is 4.41. The van der Waals surface area contributed by atoms with Crippen molar-refractivity contribution in [3.05, 3.63) is 69.5 Å². The van der Waals surface area contributed by atoms with E-state index in [2.05, 4.69) is 4.98 Å². The molecule has 0 saturated carbocycles. The number of halogens is 1. The minimum Gasteiger partial charge on any atom is -0.383 e. The predicted molar refractivity (Wildman–Crippen MR) is 130 cm³/mol. The van der Waals surface area contributed by atoms with Gasteiger partial charge in [-0.25, -0.2) is 4.98 Å². The van der Waals surface area contributed by atoms with Crippen molar-refractivity contribution in [3.8, 4) is 0 Å². The number of carbonyl (C=O) groups excluding carboxylic acids is 1. The maximum absolute atomic E-state index is 13.1. The Labute approximate surface area is 197 Å². The second-order valence-corrected chi connectivity index (χ2v) is 9.33. The Kier molecular flexibility index (Phi) is 8.73. The molecular weight excluding hydrogens is 446 g/mol. The molecule has 0 bridgehead atoms. The normalized spacial score (nSPS) is 11.3. The van der Waals surface area contributed by atoms with E-state index in [1.807, 2.05) is 44.2 Å². The van der Waals surface area contributed by atoms with E-state index >= 15 is 0 Å². The first-order valence-electron chi connectivity index (χ1n) is 10.5. The minimum absolute atomic E-state index is 0.0301. The maximum atomic E-state index is 13.1. The van der Waals surface area contributed by atoms with Crippen LogP contribution in [-0.2, 0) is 22.6 Å². The van der Waals surface area contributed by atoms with E-state index in [-0.39, 0.29) is 23.1 Å². The van der Waals surface area contributed by atoms with Crippen LogP contribution in [0.4, 0.5) is 0 Å². The molecule has 3 rings (SSSR count). The summed E-state index contributed by atoms with van der Waals surface area (Å²) in [4.78, 5) is 32.7. The summed E-state index contributed by atoms with van der Waals surface area (Å²) in [5.74, 6) is 0.398. The number of hydrogen-bond donors (Lipinski definition) is 0. The van der Waals surface area contributed by atoms with Gasteiger partial charge in [0.25, 0.3) is 5.56 Å². The van der Waals surface area contributed by atoms with Crippen LogP contribution < -0.4 is 5.56 Å². The molecule has 6 nitrogen and oxygen atoms in total. The largest absolute Gasteiger partial charge is 0.383 e. The highest BCUT2D eigenvalue weighted by Crippen LogP contribution is 2.22. The molecule has 0 N–H and O–H groups in total. The Morgan fingerprint density at radius 1 is 1.22 bits per heavy atom. The molecule has 0 aliphatic rings. The van der Waals surface area contributed by atoms with Crippen LogP contribution >= 0.6 is 23.4 Å². The number of rotatable bonds is 10. The van der Waals surface area contributed by atoms with Gasteiger partial charge in [-0.05, 0) is 29.7 Å². The van der Waals surface area contributed by atoms with Gasteiger partial charge in [0.05, 0.1) is 23.3 Å². The maximum Gasteiger partial charge on any atom is 0.262 e. The van der Waals surface area contributed by atoms with Crippen molar-refractivity contribution in [2.24, 2.45) is 5.92 Å². The summed E-state index contributed by atoms with van der Waals surface area (Å²) in [6.45, 7) is 6.05. The Hall–Kier alpha value is -2.35. The van der Waals surface area contributed by atoms with Gasteiger partial charge in [0.2, 0.25) is 5.91 Å². The van der Waals surface area contributed by atoms with Gasteiger partial charge in [-0.3, -0.25) is 14.2 Å². The van der Waals surface area contributed by atoms with Crippen LogP contribution in [0, 0.1) is 5.92 Å². The first-order chi connectivity index (χ1) is 15.4. The van der Waals surface area contributed by atoms with Crippen molar-refractivity contribution < 1.29 is 9.53 Å². The molecule has 1 aromatic heterocycles. The van der Waals surface area contributed by atoms with Crippen molar-refractivity contribution in [1.82, 2.24) is 14.5 Å². The van der Waals surface area contributed by atoms with Crippen LogP contribution in [0.3, 0.4) is 0 Å². The van der Waals surface area contributed by atoms with Gasteiger partial charge in [0.1, 0.15) is 0 Å². The molecular formula is C24H28ClN3O3S. The lowest BCUT2D eigenvalue weighted by Crippen LogP contribution is -2.35. The molecule has 8 heteroatoms. The third kappa shape index (κ3) is 6.34. The first-order valence-corrected chi connectivity index (χ1v) is 11.9. The third-order valence-electron chi connectivity index (χ3n) is 4.89. The number of fused-ring (bicyclic) bond motifs is 1. The van der Waals surface area contributed by atoms with E-state index in [0.29, 0.717) is 47.3 Å². The monoisotopic (exact) mass is 473 g/mol. The molecule has 0 unspecified atom stereocenters. The molecule has 3 aromatic rings. The van der Waals surface area contributed by atoms with Crippen molar-refractivity contribution in [3.63, 3.8) is 0 Å². The van der Waals surface area contributed by atoms with Gasteiger partial charge >= 0.3 is 0 Å². The molecule has 1 amide bonds. The van der Waals surface area contributed by atoms with Crippen LogP contribution in [0.1, 0.15) is 19.4 Å². The molecule has 0 atom stereocenters. The van der Waals surface area contributed by atoms with Crippen molar-refractivity contribution in [2.45, 2.75) is 32.1 Å². The molecule has 170 valence electrons. The van der Waals surface area contributed by atoms with Gasteiger partial charge in [0, 0.05) is 31.8 Å². The highest BCUT2D eigenvalue weighted by Gasteiger charge is 2.18. The van der Waals surface area contributed by atoms with Gasteiger partial charge in [-0.1, -0.05) is 67.5 Å². The lowest BCUT2D eigenvalue weighted by atomic mass is 10.2. The SMILES string of the molecule is COCCN(Cc1ccccc1)C(=O)CSc1nc2ccc(Cl)cc2c(=O)n1CC(C)C.